The van der Waals surface area contributed by atoms with E-state index in [9.17, 15) is 40.9 Å². The fourth-order valence-electron chi connectivity index (χ4n) is 12.0. The van der Waals surface area contributed by atoms with Crippen LogP contribution in [-0.4, -0.2) is 130 Å². The van der Waals surface area contributed by atoms with Crippen molar-refractivity contribution in [1.82, 2.24) is 39.9 Å². The van der Waals surface area contributed by atoms with Crippen LogP contribution in [0.2, 0.25) is 0 Å². The zero-order chi connectivity index (χ0) is 94.5. The second kappa shape index (κ2) is 52.3. The van der Waals surface area contributed by atoms with Crippen LogP contribution in [0, 0.1) is 106 Å². The van der Waals surface area contributed by atoms with Gasteiger partial charge in [-0.05, 0) is 231 Å². The molecule has 12 rings (SSSR count). The molecule has 8 heterocycles. The molecule has 0 fully saturated rings. The molecule has 16 nitrogen and oxygen atoms in total. The average Bonchev–Trinajstić information content (AvgIpc) is 0.820. The summed E-state index contributed by atoms with van der Waals surface area (Å²) in [6.45, 7) is 66.1. The molecule has 0 spiro atoms. The Morgan fingerprint density at radius 2 is 0.481 bits per heavy atom. The predicted molar refractivity (Wildman–Crippen MR) is 525 cm³/mol. The van der Waals surface area contributed by atoms with E-state index < -0.39 is 48.8 Å². The summed E-state index contributed by atoms with van der Waals surface area (Å²) in [5, 5.41) is 82.8. The number of aliphatic hydroxyl groups excluding tert-OH is 8. The van der Waals surface area contributed by atoms with Gasteiger partial charge in [-0.15, -0.1) is 0 Å². The molecule has 0 saturated carbocycles. The van der Waals surface area contributed by atoms with Gasteiger partial charge in [0, 0.05) is 152 Å². The Kier molecular flexibility index (Phi) is 48.8. The van der Waals surface area contributed by atoms with Gasteiger partial charge in [0.15, 0.2) is 0 Å². The largest absolute Gasteiger partial charge is 0.392 e. The van der Waals surface area contributed by atoms with Crippen molar-refractivity contribution in [2.45, 2.75) is 303 Å². The number of nitrogens with zero attached hydrogens (tertiary/aromatic N) is 8. The number of hydrogen-bond donors (Lipinski definition) is 8. The summed E-state index contributed by atoms with van der Waals surface area (Å²) >= 11 is 0. The summed E-state index contributed by atoms with van der Waals surface area (Å²) in [4.78, 5) is 36.5. The van der Waals surface area contributed by atoms with Crippen LogP contribution in [0.3, 0.4) is 0 Å². The van der Waals surface area contributed by atoms with Crippen LogP contribution >= 0.6 is 0 Å². The van der Waals surface area contributed by atoms with E-state index in [4.69, 9.17) is 4.98 Å². The molecule has 129 heavy (non-hydrogen) atoms. The molecule has 4 aromatic carbocycles. The van der Waals surface area contributed by atoms with Crippen LogP contribution < -0.4 is 0 Å². The summed E-state index contributed by atoms with van der Waals surface area (Å²) in [5.41, 5.74) is 21.1. The number of hydrogen-bond acceptors (Lipinski definition) is 16. The Labute approximate surface area is 828 Å². The fraction of sp³-hybridized carbons (Fsp3) is 0.486. The molecule has 0 aliphatic rings. The summed E-state index contributed by atoms with van der Waals surface area (Å²) in [6, 6.07) is 58.0. The van der Waals surface area contributed by atoms with E-state index in [1.807, 2.05) is 247 Å². The van der Waals surface area contributed by atoms with Crippen molar-refractivity contribution in [3.63, 3.8) is 0 Å². The van der Waals surface area contributed by atoms with Gasteiger partial charge >= 0.3 is 0 Å². The molecular formula is C109H154Ir4N8O8. The smallest absolute Gasteiger partial charge is 0.0915 e. The zero-order valence-electron chi connectivity index (χ0n) is 83.3. The van der Waals surface area contributed by atoms with Gasteiger partial charge in [-0.2, -0.15) is 0 Å². The Morgan fingerprint density at radius 1 is 0.225 bits per heavy atom. The van der Waals surface area contributed by atoms with Crippen LogP contribution in [0.5, 0.6) is 0 Å². The van der Waals surface area contributed by atoms with Crippen molar-refractivity contribution in [2.75, 3.05) is 0 Å². The number of aryl methyl sites for hydroxylation is 9. The van der Waals surface area contributed by atoms with E-state index in [-0.39, 0.29) is 124 Å². The molecule has 8 aromatic heterocycles. The van der Waals surface area contributed by atoms with E-state index >= 15 is 0 Å². The SMILES string of the molecule is CC(C)(C)C(O)CC(O)C(C)(C)C.CC(C)(C)C(O)CC(O)C(C)(C)C.CC(C)(C)C(O)CC(O)C(C)(C)C.CC(C)(C)C(O)CC(O)C(C)(C)C.Cc1ccc(-c2ccc3cc(C)ccc3n2)nc1.Cc1ccc2nc(-c3ccc(C)c(C)n3)ccc2c1.Cc1ccc2nc(-c3ncccc3C)ccc2c1.Cc1ccnc(-c2ccc3cc(C)ccc3n2)c1.[Ir].[Ir].[Ir].[Ir]. The topological polar surface area (TPSA) is 265 Å². The monoisotopic (exact) mass is 2480 g/mol. The Bertz CT molecular complexity index is 5160. The summed E-state index contributed by atoms with van der Waals surface area (Å²) < 4.78 is 0. The zero-order valence-corrected chi connectivity index (χ0v) is 92.9. The molecule has 0 amide bonds. The maximum Gasteiger partial charge on any atom is 0.0915 e. The van der Waals surface area contributed by atoms with Gasteiger partial charge in [0.05, 0.1) is 116 Å². The Morgan fingerprint density at radius 3 is 0.760 bits per heavy atom. The number of aromatic nitrogens is 8. The molecule has 20 heteroatoms. The molecule has 0 aliphatic carbocycles. The van der Waals surface area contributed by atoms with Crippen molar-refractivity contribution in [3.8, 4) is 45.6 Å². The molecule has 12 aromatic rings. The number of pyridine rings is 8. The number of rotatable bonds is 12. The summed E-state index contributed by atoms with van der Waals surface area (Å²) in [7, 11) is 0. The molecule has 8 N–H and O–H groups in total. The Balaban J connectivity index is 0.000000739. The van der Waals surface area contributed by atoms with Crippen molar-refractivity contribution in [3.05, 3.63) is 239 Å². The summed E-state index contributed by atoms with van der Waals surface area (Å²) in [6.07, 6.45) is 3.77. The van der Waals surface area contributed by atoms with Gasteiger partial charge in [-0.25, -0.2) is 19.9 Å². The Hall–Kier alpha value is -6.60. The van der Waals surface area contributed by atoms with Gasteiger partial charge in [0.25, 0.3) is 0 Å². The third-order valence-corrected chi connectivity index (χ3v) is 22.4. The first-order valence-electron chi connectivity index (χ1n) is 44.2. The van der Waals surface area contributed by atoms with Gasteiger partial charge in [0.1, 0.15) is 0 Å². The molecule has 0 aliphatic heterocycles. The quantitative estimate of drug-likeness (QED) is 0.0565. The van der Waals surface area contributed by atoms with Crippen LogP contribution in [0.25, 0.3) is 89.2 Å². The molecule has 714 valence electrons. The molecule has 4 radical (unpaired) electrons. The number of aliphatic hydroxyl groups is 8. The minimum absolute atomic E-state index is 0. The molecule has 8 atom stereocenters. The standard InChI is InChI=1S/C17H16N2.3C16H14N2.4C11H24O2.4Ir/c1-11-4-7-15-14(10-11)6-9-17(19-15)16-8-5-12(2)13(3)18-16;1-11-3-6-14-13(9-11)5-8-16(18-14)15-7-4-12(2)10-17-15;1-11-3-5-14-13(9-11)4-6-15(18-14)16-10-12(2)7-8-17-16;1-11-5-7-14-13(10-11)6-8-15(18-14)16-12(2)4-3-9-17-16;4*1-10(2,3)8(12)7-9(13)11(4,5)6;;;;/h4-10H,1-3H3;3*3-10H,1-2H3;4*8-9,12-13H,7H2,1-6H3;;;;. The van der Waals surface area contributed by atoms with Crippen LogP contribution in [0.1, 0.15) is 242 Å². The van der Waals surface area contributed by atoms with E-state index in [0.717, 1.165) is 84.4 Å². The van der Waals surface area contributed by atoms with Crippen molar-refractivity contribution in [1.29, 1.82) is 0 Å². The second-order valence-electron chi connectivity index (χ2n) is 42.8. The number of benzene rings is 4. The van der Waals surface area contributed by atoms with Gasteiger partial charge in [0.2, 0.25) is 0 Å². The second-order valence-corrected chi connectivity index (χ2v) is 42.8. The minimum Gasteiger partial charge on any atom is -0.392 e. The summed E-state index contributed by atoms with van der Waals surface area (Å²) in [5.74, 6) is 0. The predicted octanol–water partition coefficient (Wildman–Crippen LogP) is 24.7. The van der Waals surface area contributed by atoms with Crippen molar-refractivity contribution >= 4 is 43.6 Å². The first kappa shape index (κ1) is 120. The van der Waals surface area contributed by atoms with Gasteiger partial charge in [-0.3, -0.25) is 19.9 Å². The third kappa shape index (κ3) is 41.0. The van der Waals surface area contributed by atoms with E-state index in [0.29, 0.717) is 25.7 Å². The maximum absolute atomic E-state index is 9.76. The normalized spacial score (nSPS) is 13.6. The fourth-order valence-corrected chi connectivity index (χ4v) is 12.0. The maximum atomic E-state index is 9.76. The molecule has 0 bridgehead atoms. The molecule has 8 unspecified atom stereocenters. The molecule has 0 saturated heterocycles. The first-order chi connectivity index (χ1) is 57.5. The number of fused-ring (bicyclic) bond motifs is 4. The van der Waals surface area contributed by atoms with E-state index in [1.165, 1.54) is 54.9 Å². The van der Waals surface area contributed by atoms with E-state index in [2.05, 4.69) is 205 Å². The van der Waals surface area contributed by atoms with Crippen LogP contribution in [0.15, 0.2) is 188 Å². The van der Waals surface area contributed by atoms with Gasteiger partial charge < -0.3 is 40.9 Å². The van der Waals surface area contributed by atoms with Crippen LogP contribution in [0.4, 0.5) is 0 Å². The van der Waals surface area contributed by atoms with Crippen LogP contribution in [-0.2, 0) is 80.4 Å². The minimum atomic E-state index is -0.443. The third-order valence-electron chi connectivity index (χ3n) is 22.4. The van der Waals surface area contributed by atoms with E-state index in [1.54, 1.807) is 0 Å². The average molecular weight is 2470 g/mol. The van der Waals surface area contributed by atoms with Gasteiger partial charge in [-0.1, -0.05) is 255 Å². The van der Waals surface area contributed by atoms with Crippen molar-refractivity contribution in [2.24, 2.45) is 43.3 Å². The molecular weight excluding hydrogens is 2320 g/mol. The van der Waals surface area contributed by atoms with Crippen molar-refractivity contribution < 1.29 is 121 Å². The first-order valence-corrected chi connectivity index (χ1v) is 44.2.